The van der Waals surface area contributed by atoms with Crippen LogP contribution in [0.5, 0.6) is 5.75 Å². The van der Waals surface area contributed by atoms with Crippen molar-refractivity contribution < 1.29 is 17.7 Å². The lowest BCUT2D eigenvalue weighted by atomic mass is 10.2. The summed E-state index contributed by atoms with van der Waals surface area (Å²) >= 11 is 1.23. The average molecular weight is 379 g/mol. The fraction of sp³-hybridized carbons (Fsp3) is 0.250. The Balaban J connectivity index is 1.62. The van der Waals surface area contributed by atoms with Crippen LogP contribution in [0.4, 0.5) is 0 Å². The highest BCUT2D eigenvalue weighted by atomic mass is 32.2. The third kappa shape index (κ3) is 4.25. The highest BCUT2D eigenvalue weighted by Crippen LogP contribution is 2.22. The monoisotopic (exact) mass is 379 g/mol. The van der Waals surface area contributed by atoms with Crippen molar-refractivity contribution in [3.8, 4) is 17.1 Å². The number of ether oxygens (including phenoxy) is 1. The molecular formula is C16H17N3O4S2. The number of aromatic nitrogens is 2. The first-order valence-electron chi connectivity index (χ1n) is 7.51. The van der Waals surface area contributed by atoms with Gasteiger partial charge in [-0.2, -0.15) is 4.98 Å². The zero-order valence-corrected chi connectivity index (χ0v) is 15.4. The summed E-state index contributed by atoms with van der Waals surface area (Å²) in [7, 11) is -1.92. The summed E-state index contributed by atoms with van der Waals surface area (Å²) in [5.74, 6) is 1.50. The van der Waals surface area contributed by atoms with Crippen molar-refractivity contribution in [2.45, 2.75) is 17.6 Å². The minimum Gasteiger partial charge on any atom is -0.497 e. The number of hydrogen-bond donors (Lipinski definition) is 1. The van der Waals surface area contributed by atoms with Crippen LogP contribution in [0.2, 0.25) is 0 Å². The normalized spacial score (nSPS) is 11.6. The van der Waals surface area contributed by atoms with Crippen LogP contribution in [0.1, 0.15) is 10.8 Å². The number of nitrogens with zero attached hydrogens (tertiary/aromatic N) is 2. The third-order valence-electron chi connectivity index (χ3n) is 3.41. The van der Waals surface area contributed by atoms with Gasteiger partial charge in [-0.05, 0) is 31.2 Å². The number of rotatable bonds is 7. The van der Waals surface area contributed by atoms with E-state index >= 15 is 0 Å². The molecule has 1 aromatic carbocycles. The molecule has 7 nitrogen and oxygen atoms in total. The lowest BCUT2D eigenvalue weighted by Crippen LogP contribution is -2.25. The van der Waals surface area contributed by atoms with Crippen LogP contribution >= 0.6 is 11.3 Å². The Morgan fingerprint density at radius 1 is 1.28 bits per heavy atom. The molecule has 0 aliphatic heterocycles. The zero-order valence-electron chi connectivity index (χ0n) is 13.7. The number of sulfonamides is 1. The second kappa shape index (κ2) is 7.34. The second-order valence-corrected chi connectivity index (χ2v) is 8.54. The molecule has 0 spiro atoms. The molecule has 0 bridgehead atoms. The number of thiophene rings is 1. The summed E-state index contributed by atoms with van der Waals surface area (Å²) in [6, 6.07) is 10.7. The number of hydrogen-bond acceptors (Lipinski definition) is 7. The molecule has 2 heterocycles. The van der Waals surface area contributed by atoms with Gasteiger partial charge in [-0.25, -0.2) is 13.1 Å². The molecule has 2 aromatic heterocycles. The number of methoxy groups -OCH3 is 1. The first-order valence-corrected chi connectivity index (χ1v) is 9.81. The summed E-state index contributed by atoms with van der Waals surface area (Å²) in [4.78, 5) is 5.23. The van der Waals surface area contributed by atoms with E-state index in [9.17, 15) is 8.42 Å². The predicted molar refractivity (Wildman–Crippen MR) is 94.2 cm³/mol. The van der Waals surface area contributed by atoms with E-state index in [0.717, 1.165) is 10.4 Å². The van der Waals surface area contributed by atoms with Crippen molar-refractivity contribution in [1.82, 2.24) is 14.9 Å². The fourth-order valence-corrected chi connectivity index (χ4v) is 4.52. The molecule has 0 aliphatic carbocycles. The van der Waals surface area contributed by atoms with E-state index in [0.29, 0.717) is 28.1 Å². The van der Waals surface area contributed by atoms with Gasteiger partial charge in [0.1, 0.15) is 9.96 Å². The summed E-state index contributed by atoms with van der Waals surface area (Å²) in [5, 5.41) is 3.92. The largest absolute Gasteiger partial charge is 0.497 e. The van der Waals surface area contributed by atoms with E-state index in [-0.39, 0.29) is 6.54 Å². The van der Waals surface area contributed by atoms with Gasteiger partial charge in [0.25, 0.3) is 0 Å². The van der Waals surface area contributed by atoms with Gasteiger partial charge in [0.2, 0.25) is 21.7 Å². The highest BCUT2D eigenvalue weighted by Gasteiger charge is 2.16. The summed E-state index contributed by atoms with van der Waals surface area (Å²) in [5.41, 5.74) is 0.768. The van der Waals surface area contributed by atoms with E-state index < -0.39 is 10.0 Å². The van der Waals surface area contributed by atoms with Gasteiger partial charge in [-0.3, -0.25) is 0 Å². The first kappa shape index (κ1) is 17.6. The Morgan fingerprint density at radius 3 is 2.84 bits per heavy atom. The maximum absolute atomic E-state index is 12.2. The molecule has 9 heteroatoms. The van der Waals surface area contributed by atoms with Crippen LogP contribution in [0, 0.1) is 6.92 Å². The van der Waals surface area contributed by atoms with E-state index in [2.05, 4.69) is 14.9 Å². The fourth-order valence-electron chi connectivity index (χ4n) is 2.16. The number of nitrogens with one attached hydrogen (secondary N) is 1. The van der Waals surface area contributed by atoms with E-state index in [1.807, 2.05) is 25.1 Å². The van der Waals surface area contributed by atoms with E-state index in [4.69, 9.17) is 9.26 Å². The molecule has 0 aliphatic rings. The lowest BCUT2D eigenvalue weighted by molar-refractivity contribution is 0.379. The van der Waals surface area contributed by atoms with Crippen LogP contribution < -0.4 is 9.46 Å². The molecule has 0 radical (unpaired) electrons. The average Bonchev–Trinajstić information content (AvgIpc) is 3.24. The van der Waals surface area contributed by atoms with Crippen LogP contribution in [0.15, 0.2) is 45.1 Å². The van der Waals surface area contributed by atoms with Crippen molar-refractivity contribution in [2.24, 2.45) is 0 Å². The Labute approximate surface area is 149 Å². The van der Waals surface area contributed by atoms with Crippen molar-refractivity contribution in [1.29, 1.82) is 0 Å². The molecule has 0 unspecified atom stereocenters. The molecule has 0 amide bonds. The molecule has 0 saturated carbocycles. The van der Waals surface area contributed by atoms with Crippen LogP contribution in [-0.2, 0) is 16.4 Å². The van der Waals surface area contributed by atoms with Crippen molar-refractivity contribution in [3.63, 3.8) is 0 Å². The standard InChI is InChI=1S/C16H17N3O4S2/c1-11-6-7-15(24-11)25(20,21)17-9-8-14-18-16(19-23-14)12-4-3-5-13(10-12)22-2/h3-7,10,17H,8-9H2,1-2H3. The van der Waals surface area contributed by atoms with Gasteiger partial charge in [0.15, 0.2) is 0 Å². The molecule has 0 atom stereocenters. The van der Waals surface area contributed by atoms with Gasteiger partial charge in [0.05, 0.1) is 7.11 Å². The highest BCUT2D eigenvalue weighted by molar-refractivity contribution is 7.91. The Hall–Kier alpha value is -2.23. The Bertz CT molecular complexity index is 963. The Morgan fingerprint density at radius 2 is 2.12 bits per heavy atom. The zero-order chi connectivity index (χ0) is 17.9. The van der Waals surface area contributed by atoms with E-state index in [1.165, 1.54) is 11.3 Å². The van der Waals surface area contributed by atoms with Crippen molar-refractivity contribution >= 4 is 21.4 Å². The SMILES string of the molecule is COc1cccc(-c2noc(CCNS(=O)(=O)c3ccc(C)s3)n2)c1. The van der Waals surface area contributed by atoms with Crippen LogP contribution in [0.25, 0.3) is 11.4 Å². The minimum absolute atomic E-state index is 0.180. The van der Waals surface area contributed by atoms with Crippen LogP contribution in [0.3, 0.4) is 0 Å². The third-order valence-corrected chi connectivity index (χ3v) is 6.36. The van der Waals surface area contributed by atoms with Gasteiger partial charge >= 0.3 is 0 Å². The molecule has 132 valence electrons. The molecule has 0 saturated heterocycles. The molecule has 3 aromatic rings. The Kier molecular flexibility index (Phi) is 5.16. The van der Waals surface area contributed by atoms with Gasteiger partial charge in [-0.15, -0.1) is 11.3 Å². The molecule has 0 fully saturated rings. The van der Waals surface area contributed by atoms with Crippen molar-refractivity contribution in [3.05, 3.63) is 47.2 Å². The van der Waals surface area contributed by atoms with Gasteiger partial charge in [-0.1, -0.05) is 17.3 Å². The smallest absolute Gasteiger partial charge is 0.250 e. The number of benzene rings is 1. The van der Waals surface area contributed by atoms with Crippen LogP contribution in [-0.4, -0.2) is 32.2 Å². The summed E-state index contributed by atoms with van der Waals surface area (Å²) in [6.45, 7) is 2.04. The topological polar surface area (TPSA) is 94.3 Å². The summed E-state index contributed by atoms with van der Waals surface area (Å²) in [6.07, 6.45) is 0.306. The van der Waals surface area contributed by atoms with Crippen molar-refractivity contribution in [2.75, 3.05) is 13.7 Å². The first-order chi connectivity index (χ1) is 12.0. The predicted octanol–water partition coefficient (Wildman–Crippen LogP) is 2.64. The molecular weight excluding hydrogens is 362 g/mol. The molecule has 3 rings (SSSR count). The maximum Gasteiger partial charge on any atom is 0.250 e. The number of aryl methyl sites for hydroxylation is 1. The quantitative estimate of drug-likeness (QED) is 0.678. The summed E-state index contributed by atoms with van der Waals surface area (Å²) < 4.78 is 37.5. The van der Waals surface area contributed by atoms with Gasteiger partial charge in [0, 0.05) is 23.4 Å². The molecule has 25 heavy (non-hydrogen) atoms. The molecule has 1 N–H and O–H groups in total. The lowest BCUT2D eigenvalue weighted by Gasteiger charge is -2.02. The van der Waals surface area contributed by atoms with Gasteiger partial charge < -0.3 is 9.26 Å². The maximum atomic E-state index is 12.2. The second-order valence-electron chi connectivity index (χ2n) is 5.26. The van der Waals surface area contributed by atoms with E-state index in [1.54, 1.807) is 25.3 Å². The minimum atomic E-state index is -3.50.